The van der Waals surface area contributed by atoms with E-state index in [9.17, 15) is 9.59 Å². The normalized spacial score (nSPS) is 18.3. The number of aromatic nitrogens is 1. The number of likely N-dealkylation sites (N-methyl/N-ethyl adjacent to an activating group) is 1. The van der Waals surface area contributed by atoms with Gasteiger partial charge in [-0.3, -0.25) is 14.6 Å². The Labute approximate surface area is 231 Å². The zero-order valence-corrected chi connectivity index (χ0v) is 23.1. The fraction of sp³-hybridized carbons (Fsp3) is 0.310. The highest BCUT2D eigenvalue weighted by molar-refractivity contribution is 7.17. The van der Waals surface area contributed by atoms with Crippen molar-refractivity contribution in [2.75, 3.05) is 57.2 Å². The number of carbonyl (C=O) groups excluding carboxylic acids is 1. The third-order valence-corrected chi connectivity index (χ3v) is 7.56. The molecule has 3 aromatic rings. The lowest BCUT2D eigenvalue weighted by molar-refractivity contribution is -0.123. The van der Waals surface area contributed by atoms with Crippen molar-refractivity contribution in [3.05, 3.63) is 75.7 Å². The van der Waals surface area contributed by atoms with Crippen molar-refractivity contribution < 1.29 is 13.9 Å². The maximum atomic E-state index is 12.8. The Morgan fingerprint density at radius 2 is 1.92 bits per heavy atom. The first-order chi connectivity index (χ1) is 18.9. The summed E-state index contributed by atoms with van der Waals surface area (Å²) in [6, 6.07) is 5.49. The average Bonchev–Trinajstić information content (AvgIpc) is 3.37. The number of anilines is 2. The first kappa shape index (κ1) is 26.6. The molecule has 0 bridgehead atoms. The van der Waals surface area contributed by atoms with Gasteiger partial charge < -0.3 is 23.9 Å². The highest BCUT2D eigenvalue weighted by Gasteiger charge is 2.19. The van der Waals surface area contributed by atoms with Gasteiger partial charge in [0.25, 0.3) is 0 Å². The second-order valence-electron chi connectivity index (χ2n) is 9.48. The Bertz CT molecular complexity index is 1530. The first-order valence-corrected chi connectivity index (χ1v) is 13.7. The molecular weight excluding hydrogens is 514 g/mol. The predicted molar refractivity (Wildman–Crippen MR) is 157 cm³/mol. The summed E-state index contributed by atoms with van der Waals surface area (Å²) in [4.78, 5) is 39.6. The van der Waals surface area contributed by atoms with Gasteiger partial charge in [-0.25, -0.2) is 4.99 Å². The minimum atomic E-state index is -0.0691. The number of hydrogen-bond acceptors (Lipinski definition) is 9. The number of thiophene rings is 1. The van der Waals surface area contributed by atoms with Crippen LogP contribution in [0.4, 0.5) is 11.6 Å². The maximum Gasteiger partial charge on any atom is 0.246 e. The van der Waals surface area contributed by atoms with Gasteiger partial charge in [-0.1, -0.05) is 6.08 Å². The van der Waals surface area contributed by atoms with E-state index in [1.807, 2.05) is 34.4 Å². The number of carbonyl (C=O) groups is 1. The Kier molecular flexibility index (Phi) is 8.04. The second-order valence-corrected chi connectivity index (χ2v) is 10.4. The number of hydrogen-bond donors (Lipinski definition) is 0. The van der Waals surface area contributed by atoms with Crippen LogP contribution in [0.5, 0.6) is 0 Å². The molecule has 0 atom stereocenters. The molecular formula is C29H31N5O4S. The van der Waals surface area contributed by atoms with Crippen molar-refractivity contribution in [3.8, 4) is 11.3 Å². The third-order valence-electron chi connectivity index (χ3n) is 6.59. The van der Waals surface area contributed by atoms with Crippen LogP contribution in [0.25, 0.3) is 21.5 Å². The number of allylic oxidation sites excluding steroid dienone is 4. The summed E-state index contributed by atoms with van der Waals surface area (Å²) in [5, 5.41) is 1.93. The second kappa shape index (κ2) is 11.8. The fourth-order valence-electron chi connectivity index (χ4n) is 4.28. The average molecular weight is 546 g/mol. The molecule has 1 saturated heterocycles. The number of rotatable bonds is 6. The van der Waals surface area contributed by atoms with E-state index in [1.54, 1.807) is 44.7 Å². The largest absolute Gasteiger partial charge is 0.439 e. The molecule has 1 fully saturated rings. The highest BCUT2D eigenvalue weighted by Crippen LogP contribution is 2.34. The minimum Gasteiger partial charge on any atom is -0.439 e. The Morgan fingerprint density at radius 3 is 2.67 bits per heavy atom. The summed E-state index contributed by atoms with van der Waals surface area (Å²) in [5.74, 6) is 1.29. The van der Waals surface area contributed by atoms with Crippen LogP contribution in [-0.4, -0.2) is 69.5 Å². The molecule has 202 valence electrons. The summed E-state index contributed by atoms with van der Waals surface area (Å²) in [7, 11) is 5.40. The molecule has 0 radical (unpaired) electrons. The summed E-state index contributed by atoms with van der Waals surface area (Å²) in [5.41, 5.74) is 3.82. The van der Waals surface area contributed by atoms with E-state index >= 15 is 0 Å². The SMILES string of the molecule is CN(C)C(=O)/C=C/C1=CCC/C=C(N(C)c2ccc(-c3csc4c(=O)cc(N5CCOCC5)oc34)nc2)/N=C/1. The molecule has 0 N–H and O–H groups in total. The zero-order valence-electron chi connectivity index (χ0n) is 22.3. The van der Waals surface area contributed by atoms with Gasteiger partial charge in [0.1, 0.15) is 10.5 Å². The van der Waals surface area contributed by atoms with E-state index in [-0.39, 0.29) is 11.3 Å². The van der Waals surface area contributed by atoms with Crippen LogP contribution < -0.4 is 15.2 Å². The van der Waals surface area contributed by atoms with Crippen LogP contribution in [0.15, 0.2) is 79.7 Å². The number of ether oxygens (including phenoxy) is 1. The number of pyridine rings is 1. The molecule has 0 unspecified atom stereocenters. The summed E-state index contributed by atoms with van der Waals surface area (Å²) < 4.78 is 12.2. The molecule has 1 amide bonds. The number of amides is 1. The Hall–Kier alpha value is -4.02. The monoisotopic (exact) mass is 545 g/mol. The van der Waals surface area contributed by atoms with Gasteiger partial charge in [0.2, 0.25) is 11.3 Å². The maximum absolute atomic E-state index is 12.8. The smallest absolute Gasteiger partial charge is 0.246 e. The lowest BCUT2D eigenvalue weighted by atomic mass is 10.1. The quantitative estimate of drug-likeness (QED) is 0.422. The molecule has 2 aliphatic heterocycles. The molecule has 0 saturated carbocycles. The van der Waals surface area contributed by atoms with Gasteiger partial charge in [-0.2, -0.15) is 0 Å². The standard InChI is InChI=1S/C29H31N5O4S/c1-32(2)26(36)11-8-20-6-4-5-7-25(31-17-20)33(3)21-9-10-23(30-18-21)22-19-39-29-24(35)16-27(38-28(22)29)34-12-14-37-15-13-34/h6-11,16-19H,4-5,12-15H2,1-3H3/b11-8+,20-6?,25-7-,31-17+. The lowest BCUT2D eigenvalue weighted by Gasteiger charge is -2.27. The van der Waals surface area contributed by atoms with Gasteiger partial charge in [0.15, 0.2) is 11.5 Å². The Balaban J connectivity index is 1.36. The molecule has 5 heterocycles. The van der Waals surface area contributed by atoms with E-state index in [0.29, 0.717) is 42.5 Å². The van der Waals surface area contributed by atoms with Gasteiger partial charge in [-0.15, -0.1) is 11.3 Å². The van der Waals surface area contributed by atoms with E-state index in [0.717, 1.165) is 41.2 Å². The molecule has 0 aliphatic carbocycles. The summed E-state index contributed by atoms with van der Waals surface area (Å²) >= 11 is 1.37. The van der Waals surface area contributed by atoms with Crippen molar-refractivity contribution in [2.45, 2.75) is 12.8 Å². The first-order valence-electron chi connectivity index (χ1n) is 12.8. The molecule has 3 aromatic heterocycles. The molecule has 2 aliphatic rings. The summed E-state index contributed by atoms with van der Waals surface area (Å²) in [6.45, 7) is 2.60. The zero-order chi connectivity index (χ0) is 27.4. The molecule has 5 rings (SSSR count). The van der Waals surface area contributed by atoms with E-state index in [1.165, 1.54) is 16.2 Å². The van der Waals surface area contributed by atoms with Gasteiger partial charge in [0.05, 0.1) is 36.4 Å². The van der Waals surface area contributed by atoms with E-state index < -0.39 is 0 Å². The van der Waals surface area contributed by atoms with Crippen molar-refractivity contribution in [3.63, 3.8) is 0 Å². The Morgan fingerprint density at radius 1 is 1.13 bits per heavy atom. The molecule has 9 nitrogen and oxygen atoms in total. The van der Waals surface area contributed by atoms with Crippen molar-refractivity contribution in [1.82, 2.24) is 9.88 Å². The molecule has 0 spiro atoms. The van der Waals surface area contributed by atoms with Gasteiger partial charge >= 0.3 is 0 Å². The minimum absolute atomic E-state index is 0.0474. The van der Waals surface area contributed by atoms with Crippen LogP contribution in [0.1, 0.15) is 12.8 Å². The number of morpholine rings is 1. The van der Waals surface area contributed by atoms with Crippen molar-refractivity contribution in [2.24, 2.45) is 4.99 Å². The number of nitrogens with zero attached hydrogens (tertiary/aromatic N) is 5. The van der Waals surface area contributed by atoms with Crippen LogP contribution in [0.3, 0.4) is 0 Å². The van der Waals surface area contributed by atoms with Crippen LogP contribution in [-0.2, 0) is 9.53 Å². The molecule has 39 heavy (non-hydrogen) atoms. The van der Waals surface area contributed by atoms with Gasteiger partial charge in [-0.05, 0) is 42.7 Å². The van der Waals surface area contributed by atoms with Crippen molar-refractivity contribution in [1.29, 1.82) is 0 Å². The molecule has 0 aromatic carbocycles. The van der Waals surface area contributed by atoms with E-state index in [2.05, 4.69) is 17.1 Å². The predicted octanol–water partition coefficient (Wildman–Crippen LogP) is 4.47. The van der Waals surface area contributed by atoms with Crippen LogP contribution in [0, 0.1) is 0 Å². The van der Waals surface area contributed by atoms with Gasteiger partial charge in [0, 0.05) is 58.0 Å². The third kappa shape index (κ3) is 6.02. The topological polar surface area (TPSA) is 91.5 Å². The fourth-order valence-corrected chi connectivity index (χ4v) is 5.18. The lowest BCUT2D eigenvalue weighted by Crippen LogP contribution is -2.36. The highest BCUT2D eigenvalue weighted by atomic mass is 32.1. The van der Waals surface area contributed by atoms with Crippen LogP contribution >= 0.6 is 11.3 Å². The number of aliphatic imine (C=N–C) groups is 1. The molecule has 10 heteroatoms. The van der Waals surface area contributed by atoms with Crippen LogP contribution in [0.2, 0.25) is 0 Å². The van der Waals surface area contributed by atoms with E-state index in [4.69, 9.17) is 14.1 Å². The van der Waals surface area contributed by atoms with Crippen molar-refractivity contribution >= 4 is 45.3 Å². The summed E-state index contributed by atoms with van der Waals surface area (Å²) in [6.07, 6.45) is 12.7. The number of fused-ring (bicyclic) bond motifs is 1.